The highest BCUT2D eigenvalue weighted by molar-refractivity contribution is 9.09. The van der Waals surface area contributed by atoms with Gasteiger partial charge in [0.1, 0.15) is 0 Å². The lowest BCUT2D eigenvalue weighted by molar-refractivity contribution is 0.320. The zero-order chi connectivity index (χ0) is 11.6. The van der Waals surface area contributed by atoms with Gasteiger partial charge >= 0.3 is 0 Å². The number of hydrogen-bond donors (Lipinski definition) is 0. The summed E-state index contributed by atoms with van der Waals surface area (Å²) < 4.78 is 0. The van der Waals surface area contributed by atoms with E-state index in [9.17, 15) is 0 Å². The van der Waals surface area contributed by atoms with E-state index in [0.717, 1.165) is 0 Å². The number of rotatable bonds is 10. The van der Waals surface area contributed by atoms with Crippen molar-refractivity contribution in [1.82, 2.24) is 0 Å². The Bertz CT molecular complexity index is 130. The van der Waals surface area contributed by atoms with E-state index < -0.39 is 0 Å². The highest BCUT2D eigenvalue weighted by atomic mass is 79.9. The molecular weight excluding hydrogens is 268 g/mol. The number of hydrogen-bond acceptors (Lipinski definition) is 1. The van der Waals surface area contributed by atoms with E-state index in [-0.39, 0.29) is 0 Å². The molecule has 0 aliphatic carbocycles. The summed E-state index contributed by atoms with van der Waals surface area (Å²) in [5.74, 6) is 2.69. The minimum atomic E-state index is 0.571. The molecule has 0 fully saturated rings. The van der Waals surface area contributed by atoms with E-state index in [1.165, 1.54) is 55.4 Å². The Morgan fingerprint density at radius 3 is 2.00 bits per heavy atom. The van der Waals surface area contributed by atoms with Crippen LogP contribution >= 0.6 is 27.7 Å². The molecule has 0 saturated heterocycles. The zero-order valence-corrected chi connectivity index (χ0v) is 13.1. The second-order valence-corrected chi connectivity index (χ2v) is 6.21. The molecule has 0 aromatic heterocycles. The summed E-state index contributed by atoms with van der Waals surface area (Å²) in [5, 5.41) is 1.18. The van der Waals surface area contributed by atoms with Crippen molar-refractivity contribution in [2.24, 2.45) is 5.41 Å². The summed E-state index contributed by atoms with van der Waals surface area (Å²) in [5.41, 5.74) is 0.571. The van der Waals surface area contributed by atoms with E-state index in [4.69, 9.17) is 0 Å². The van der Waals surface area contributed by atoms with Crippen LogP contribution in [0, 0.1) is 5.41 Å². The maximum atomic E-state index is 3.73. The molecule has 0 rings (SSSR count). The zero-order valence-electron chi connectivity index (χ0n) is 10.7. The second-order valence-electron chi connectivity index (χ2n) is 4.54. The highest BCUT2D eigenvalue weighted by Gasteiger charge is 2.26. The summed E-state index contributed by atoms with van der Waals surface area (Å²) in [7, 11) is 0. The molecule has 2 heteroatoms. The van der Waals surface area contributed by atoms with Gasteiger partial charge in [0.05, 0.1) is 0 Å². The van der Waals surface area contributed by atoms with Gasteiger partial charge in [0.15, 0.2) is 0 Å². The van der Waals surface area contributed by atoms with Crippen LogP contribution in [0.15, 0.2) is 0 Å². The third kappa shape index (κ3) is 6.88. The molecule has 0 spiro atoms. The Morgan fingerprint density at radius 1 is 1.00 bits per heavy atom. The normalized spacial score (nSPS) is 12.0. The average Bonchev–Trinajstić information content (AvgIpc) is 2.25. The van der Waals surface area contributed by atoms with Crippen molar-refractivity contribution in [3.63, 3.8) is 0 Å². The summed E-state index contributed by atoms with van der Waals surface area (Å²) in [6.07, 6.45) is 8.10. The summed E-state index contributed by atoms with van der Waals surface area (Å²) in [6, 6.07) is 0. The van der Waals surface area contributed by atoms with Gasteiger partial charge in [-0.15, -0.1) is 0 Å². The SMILES string of the molecule is CCCCSCC(CBr)(CCC)CCC. The molecule has 0 aromatic rings. The Hall–Kier alpha value is 0.830. The van der Waals surface area contributed by atoms with Crippen LogP contribution < -0.4 is 0 Å². The van der Waals surface area contributed by atoms with E-state index in [2.05, 4.69) is 48.5 Å². The van der Waals surface area contributed by atoms with Crippen molar-refractivity contribution in [3.05, 3.63) is 0 Å². The predicted molar refractivity (Wildman–Crippen MR) is 78.3 cm³/mol. The molecule has 0 bridgehead atoms. The van der Waals surface area contributed by atoms with Crippen molar-refractivity contribution in [2.75, 3.05) is 16.8 Å². The molecule has 0 saturated carbocycles. The van der Waals surface area contributed by atoms with Gasteiger partial charge in [0.2, 0.25) is 0 Å². The number of halogens is 1. The number of thioether (sulfide) groups is 1. The fourth-order valence-corrected chi connectivity index (χ4v) is 4.52. The quantitative estimate of drug-likeness (QED) is 0.379. The molecule has 15 heavy (non-hydrogen) atoms. The minimum absolute atomic E-state index is 0.571. The molecular formula is C13H27BrS. The Balaban J connectivity index is 3.96. The van der Waals surface area contributed by atoms with Crippen molar-refractivity contribution in [2.45, 2.75) is 59.3 Å². The Labute approximate surface area is 109 Å². The van der Waals surface area contributed by atoms with Gasteiger partial charge in [-0.3, -0.25) is 0 Å². The minimum Gasteiger partial charge on any atom is -0.161 e. The number of unbranched alkanes of at least 4 members (excludes halogenated alkanes) is 1. The monoisotopic (exact) mass is 294 g/mol. The fraction of sp³-hybridized carbons (Fsp3) is 1.00. The van der Waals surface area contributed by atoms with Gasteiger partial charge in [-0.2, -0.15) is 11.8 Å². The molecule has 0 heterocycles. The number of alkyl halides is 1. The topological polar surface area (TPSA) is 0 Å². The maximum absolute atomic E-state index is 3.73. The van der Waals surface area contributed by atoms with Crippen molar-refractivity contribution >= 4 is 27.7 Å². The first-order chi connectivity index (χ1) is 7.24. The van der Waals surface area contributed by atoms with Gasteiger partial charge in [-0.1, -0.05) is 56.0 Å². The van der Waals surface area contributed by atoms with Gasteiger partial charge in [0, 0.05) is 5.33 Å². The van der Waals surface area contributed by atoms with Gasteiger partial charge < -0.3 is 0 Å². The van der Waals surface area contributed by atoms with Crippen LogP contribution in [0.2, 0.25) is 0 Å². The molecule has 0 aliphatic rings. The van der Waals surface area contributed by atoms with Crippen LogP contribution in [0.1, 0.15) is 59.3 Å². The molecule has 0 unspecified atom stereocenters. The smallest absolute Gasteiger partial charge is 0.00958 e. The standard InChI is InChI=1S/C13H27BrS/c1-4-7-10-15-12-13(11-14,8-5-2)9-6-3/h4-12H2,1-3H3. The Morgan fingerprint density at radius 2 is 1.60 bits per heavy atom. The van der Waals surface area contributed by atoms with Crippen LogP contribution in [0.5, 0.6) is 0 Å². The molecule has 0 aliphatic heterocycles. The summed E-state index contributed by atoms with van der Waals surface area (Å²) in [6.45, 7) is 6.89. The molecule has 0 N–H and O–H groups in total. The lowest BCUT2D eigenvalue weighted by atomic mass is 9.83. The first-order valence-electron chi connectivity index (χ1n) is 6.38. The van der Waals surface area contributed by atoms with E-state index in [1.54, 1.807) is 0 Å². The Kier molecular flexibility index (Phi) is 10.6. The van der Waals surface area contributed by atoms with Crippen LogP contribution in [0.3, 0.4) is 0 Å². The first kappa shape index (κ1) is 15.8. The molecule has 0 radical (unpaired) electrons. The third-order valence-electron chi connectivity index (χ3n) is 2.89. The maximum Gasteiger partial charge on any atom is 0.00958 e. The van der Waals surface area contributed by atoms with E-state index >= 15 is 0 Å². The molecule has 0 atom stereocenters. The predicted octanol–water partition coefficient (Wildman–Crippen LogP) is 5.50. The second kappa shape index (κ2) is 10.0. The molecule has 92 valence electrons. The average molecular weight is 295 g/mol. The summed E-state index contributed by atoms with van der Waals surface area (Å²) >= 11 is 5.89. The lowest BCUT2D eigenvalue weighted by Gasteiger charge is -2.31. The summed E-state index contributed by atoms with van der Waals surface area (Å²) in [4.78, 5) is 0. The van der Waals surface area contributed by atoms with Gasteiger partial charge in [-0.05, 0) is 36.2 Å². The largest absolute Gasteiger partial charge is 0.161 e. The molecule has 0 amide bonds. The van der Waals surface area contributed by atoms with Crippen molar-refractivity contribution < 1.29 is 0 Å². The molecule has 0 aromatic carbocycles. The van der Waals surface area contributed by atoms with E-state index in [1.807, 2.05) is 0 Å². The van der Waals surface area contributed by atoms with Crippen LogP contribution in [-0.2, 0) is 0 Å². The van der Waals surface area contributed by atoms with Crippen LogP contribution in [0.4, 0.5) is 0 Å². The first-order valence-corrected chi connectivity index (χ1v) is 8.66. The van der Waals surface area contributed by atoms with Gasteiger partial charge in [0.25, 0.3) is 0 Å². The van der Waals surface area contributed by atoms with Crippen molar-refractivity contribution in [1.29, 1.82) is 0 Å². The lowest BCUT2D eigenvalue weighted by Crippen LogP contribution is -2.25. The van der Waals surface area contributed by atoms with Crippen molar-refractivity contribution in [3.8, 4) is 0 Å². The van der Waals surface area contributed by atoms with Gasteiger partial charge in [-0.25, -0.2) is 0 Å². The van der Waals surface area contributed by atoms with E-state index in [0.29, 0.717) is 5.41 Å². The highest BCUT2D eigenvalue weighted by Crippen LogP contribution is 2.35. The fourth-order valence-electron chi connectivity index (χ4n) is 2.04. The third-order valence-corrected chi connectivity index (χ3v) is 5.48. The van der Waals surface area contributed by atoms with Crippen LogP contribution in [0.25, 0.3) is 0 Å². The van der Waals surface area contributed by atoms with Crippen LogP contribution in [-0.4, -0.2) is 16.8 Å². The molecule has 0 nitrogen and oxygen atoms in total.